The van der Waals surface area contributed by atoms with E-state index in [-0.39, 0.29) is 12.5 Å². The highest BCUT2D eigenvalue weighted by molar-refractivity contribution is 9.10. The summed E-state index contributed by atoms with van der Waals surface area (Å²) in [7, 11) is 1.53. The Labute approximate surface area is 179 Å². The minimum atomic E-state index is -0.575. The van der Waals surface area contributed by atoms with E-state index in [1.54, 1.807) is 48.5 Å². The molecule has 3 atom stereocenters. The Balaban J connectivity index is 1.70. The standard InChI is InChI=1S/C20H19Br2NO5/c1-26-18-10-17(28-20(25)13-4-8-15(22)9-5-13)16(11-27-18)23-19(24)12-2-6-14(21)7-3-12/h2-9,16-18H,10-11H2,1H3,(H,23,24)/t16-,17-,18+/m1/s1. The molecule has 2 aromatic rings. The summed E-state index contributed by atoms with van der Waals surface area (Å²) in [4.78, 5) is 25.1. The highest BCUT2D eigenvalue weighted by Gasteiger charge is 2.35. The lowest BCUT2D eigenvalue weighted by molar-refractivity contribution is -0.179. The number of nitrogens with one attached hydrogen (secondary N) is 1. The number of hydrogen-bond donors (Lipinski definition) is 1. The van der Waals surface area contributed by atoms with Gasteiger partial charge in [-0.05, 0) is 48.5 Å². The Kier molecular flexibility index (Phi) is 7.23. The zero-order valence-electron chi connectivity index (χ0n) is 15.1. The maximum atomic E-state index is 12.6. The first-order chi connectivity index (χ1) is 13.5. The fourth-order valence-electron chi connectivity index (χ4n) is 2.81. The van der Waals surface area contributed by atoms with Crippen LogP contribution in [0.5, 0.6) is 0 Å². The van der Waals surface area contributed by atoms with Gasteiger partial charge in [0.05, 0.1) is 18.2 Å². The van der Waals surface area contributed by atoms with Crippen molar-refractivity contribution in [3.63, 3.8) is 0 Å². The van der Waals surface area contributed by atoms with Gasteiger partial charge in [0, 0.05) is 28.0 Å². The van der Waals surface area contributed by atoms with Gasteiger partial charge in [-0.2, -0.15) is 0 Å². The van der Waals surface area contributed by atoms with E-state index < -0.39 is 24.4 Å². The first-order valence-corrected chi connectivity index (χ1v) is 10.2. The van der Waals surface area contributed by atoms with Gasteiger partial charge >= 0.3 is 5.97 Å². The number of hydrogen-bond acceptors (Lipinski definition) is 5. The van der Waals surface area contributed by atoms with Crippen molar-refractivity contribution in [1.29, 1.82) is 0 Å². The van der Waals surface area contributed by atoms with Gasteiger partial charge in [0.25, 0.3) is 5.91 Å². The number of esters is 1. The lowest BCUT2D eigenvalue weighted by atomic mass is 10.0. The van der Waals surface area contributed by atoms with Gasteiger partial charge in [0.2, 0.25) is 0 Å². The minimum Gasteiger partial charge on any atom is -0.456 e. The molecule has 8 heteroatoms. The summed E-state index contributed by atoms with van der Waals surface area (Å²) < 4.78 is 18.3. The van der Waals surface area contributed by atoms with E-state index in [1.165, 1.54) is 7.11 Å². The van der Waals surface area contributed by atoms with E-state index in [2.05, 4.69) is 37.2 Å². The molecule has 148 valence electrons. The number of ether oxygens (including phenoxy) is 3. The van der Waals surface area contributed by atoms with Crippen LogP contribution in [-0.2, 0) is 14.2 Å². The van der Waals surface area contributed by atoms with Crippen molar-refractivity contribution in [3.05, 3.63) is 68.6 Å². The predicted molar refractivity (Wildman–Crippen MR) is 110 cm³/mol. The third kappa shape index (κ3) is 5.41. The second-order valence-corrected chi connectivity index (χ2v) is 8.10. The Hall–Kier alpha value is -1.74. The van der Waals surface area contributed by atoms with E-state index in [1.807, 2.05) is 0 Å². The lowest BCUT2D eigenvalue weighted by Crippen LogP contribution is -2.53. The molecule has 0 aliphatic carbocycles. The second kappa shape index (κ2) is 9.65. The molecule has 1 aliphatic heterocycles. The number of carbonyl (C=O) groups excluding carboxylic acids is 2. The van der Waals surface area contributed by atoms with Gasteiger partial charge in [0.1, 0.15) is 6.10 Å². The van der Waals surface area contributed by atoms with Crippen LogP contribution < -0.4 is 5.32 Å². The van der Waals surface area contributed by atoms with Crippen LogP contribution in [0, 0.1) is 0 Å². The molecule has 0 bridgehead atoms. The first-order valence-electron chi connectivity index (χ1n) is 8.63. The third-order valence-electron chi connectivity index (χ3n) is 4.36. The maximum absolute atomic E-state index is 12.6. The molecule has 1 fully saturated rings. The van der Waals surface area contributed by atoms with Gasteiger partial charge in [-0.3, -0.25) is 4.79 Å². The molecule has 3 rings (SSSR count). The molecular weight excluding hydrogens is 494 g/mol. The van der Waals surface area contributed by atoms with Crippen LogP contribution in [0.3, 0.4) is 0 Å². The van der Waals surface area contributed by atoms with Gasteiger partial charge in [-0.25, -0.2) is 4.79 Å². The molecule has 1 saturated heterocycles. The Morgan fingerprint density at radius 1 is 1.00 bits per heavy atom. The first kappa shape index (κ1) is 21.0. The van der Waals surface area contributed by atoms with Crippen molar-refractivity contribution in [2.24, 2.45) is 0 Å². The van der Waals surface area contributed by atoms with Crippen LogP contribution in [0.1, 0.15) is 27.1 Å². The van der Waals surface area contributed by atoms with E-state index in [0.717, 1.165) is 8.95 Å². The average Bonchev–Trinajstić information content (AvgIpc) is 2.70. The molecule has 0 saturated carbocycles. The fraction of sp³-hybridized carbons (Fsp3) is 0.300. The van der Waals surface area contributed by atoms with Gasteiger partial charge < -0.3 is 19.5 Å². The molecule has 1 N–H and O–H groups in total. The highest BCUT2D eigenvalue weighted by atomic mass is 79.9. The molecule has 0 aromatic heterocycles. The maximum Gasteiger partial charge on any atom is 0.338 e. The fourth-order valence-corrected chi connectivity index (χ4v) is 3.34. The Morgan fingerprint density at radius 2 is 1.57 bits per heavy atom. The second-order valence-electron chi connectivity index (χ2n) is 6.27. The normalized spacial score (nSPS) is 21.8. The van der Waals surface area contributed by atoms with E-state index >= 15 is 0 Å². The van der Waals surface area contributed by atoms with E-state index in [0.29, 0.717) is 17.5 Å². The molecule has 0 spiro atoms. The minimum absolute atomic E-state index is 0.180. The summed E-state index contributed by atoms with van der Waals surface area (Å²) in [6.45, 7) is 0.180. The summed E-state index contributed by atoms with van der Waals surface area (Å²) >= 11 is 6.68. The van der Waals surface area contributed by atoms with Crippen molar-refractivity contribution in [2.45, 2.75) is 24.9 Å². The largest absolute Gasteiger partial charge is 0.456 e. The number of halogens is 2. The molecule has 1 heterocycles. The monoisotopic (exact) mass is 511 g/mol. The molecule has 2 aromatic carbocycles. The SMILES string of the molecule is CO[C@@H]1C[C@@H](OC(=O)c2ccc(Br)cc2)[C@H](NC(=O)c2ccc(Br)cc2)CO1. The van der Waals surface area contributed by atoms with Gasteiger partial charge in [0.15, 0.2) is 6.29 Å². The van der Waals surface area contributed by atoms with Crippen LogP contribution >= 0.6 is 31.9 Å². The third-order valence-corrected chi connectivity index (χ3v) is 5.42. The van der Waals surface area contributed by atoms with E-state index in [4.69, 9.17) is 14.2 Å². The van der Waals surface area contributed by atoms with Crippen molar-refractivity contribution in [2.75, 3.05) is 13.7 Å². The summed E-state index contributed by atoms with van der Waals surface area (Å²) in [6, 6.07) is 13.4. The zero-order chi connectivity index (χ0) is 20.1. The molecule has 1 aliphatic rings. The smallest absolute Gasteiger partial charge is 0.338 e. The van der Waals surface area contributed by atoms with Crippen molar-refractivity contribution < 1.29 is 23.8 Å². The van der Waals surface area contributed by atoms with Crippen LogP contribution in [0.15, 0.2) is 57.5 Å². The van der Waals surface area contributed by atoms with E-state index in [9.17, 15) is 9.59 Å². The highest BCUT2D eigenvalue weighted by Crippen LogP contribution is 2.21. The molecule has 0 radical (unpaired) electrons. The predicted octanol–water partition coefficient (Wildman–Crippen LogP) is 3.93. The topological polar surface area (TPSA) is 73.9 Å². The lowest BCUT2D eigenvalue weighted by Gasteiger charge is -2.35. The van der Waals surface area contributed by atoms with Crippen LogP contribution in [0.4, 0.5) is 0 Å². The number of carbonyl (C=O) groups is 2. The van der Waals surface area contributed by atoms with Gasteiger partial charge in [-0.1, -0.05) is 31.9 Å². The summed E-state index contributed by atoms with van der Waals surface area (Å²) in [6.07, 6.45) is -0.748. The Morgan fingerprint density at radius 3 is 2.14 bits per heavy atom. The molecule has 1 amide bonds. The summed E-state index contributed by atoms with van der Waals surface area (Å²) in [5.74, 6) is -0.723. The van der Waals surface area contributed by atoms with Crippen molar-refractivity contribution in [1.82, 2.24) is 5.32 Å². The number of rotatable bonds is 5. The van der Waals surface area contributed by atoms with Gasteiger partial charge in [-0.15, -0.1) is 0 Å². The molecule has 6 nitrogen and oxygen atoms in total. The average molecular weight is 513 g/mol. The molecule has 28 heavy (non-hydrogen) atoms. The van der Waals surface area contributed by atoms with Crippen molar-refractivity contribution in [3.8, 4) is 0 Å². The number of benzene rings is 2. The quantitative estimate of drug-likeness (QED) is 0.614. The van der Waals surface area contributed by atoms with Crippen LogP contribution in [0.25, 0.3) is 0 Å². The summed E-state index contributed by atoms with van der Waals surface area (Å²) in [5, 5.41) is 2.90. The number of amides is 1. The molecular formula is C20H19Br2NO5. The van der Waals surface area contributed by atoms with Crippen LogP contribution in [-0.4, -0.2) is 44.0 Å². The number of methoxy groups -OCH3 is 1. The zero-order valence-corrected chi connectivity index (χ0v) is 18.2. The Bertz CT molecular complexity index is 825. The van der Waals surface area contributed by atoms with Crippen molar-refractivity contribution >= 4 is 43.7 Å². The summed E-state index contributed by atoms with van der Waals surface area (Å²) in [5.41, 5.74) is 0.941. The van der Waals surface area contributed by atoms with Crippen LogP contribution in [0.2, 0.25) is 0 Å². The molecule has 0 unspecified atom stereocenters.